The second-order valence-electron chi connectivity index (χ2n) is 6.08. The van der Waals surface area contributed by atoms with Gasteiger partial charge in [0.2, 0.25) is 0 Å². The van der Waals surface area contributed by atoms with Crippen molar-refractivity contribution in [2.45, 2.75) is 52.5 Å². The zero-order valence-electron chi connectivity index (χ0n) is 12.6. The fourth-order valence-electron chi connectivity index (χ4n) is 2.72. The Morgan fingerprint density at radius 1 is 1.55 bits per heavy atom. The molecular formula is C16H25NO2S. The van der Waals surface area contributed by atoms with Gasteiger partial charge < -0.3 is 10.4 Å². The molecule has 1 aliphatic carbocycles. The number of amides is 1. The van der Waals surface area contributed by atoms with E-state index in [1.54, 1.807) is 11.3 Å². The number of aliphatic hydroxyl groups excluding tert-OH is 1. The summed E-state index contributed by atoms with van der Waals surface area (Å²) < 4.78 is 0. The lowest BCUT2D eigenvalue weighted by atomic mass is 9.87. The van der Waals surface area contributed by atoms with Crippen LogP contribution in [-0.4, -0.2) is 23.7 Å². The molecule has 4 heteroatoms. The Balaban J connectivity index is 2.07. The molecule has 1 amide bonds. The lowest BCUT2D eigenvalue weighted by molar-refractivity contribution is 0.0901. The average Bonchev–Trinajstić information content (AvgIpc) is 2.86. The predicted octanol–water partition coefficient (Wildman–Crippen LogP) is 3.01. The molecule has 3 nitrogen and oxygen atoms in total. The first-order valence-electron chi connectivity index (χ1n) is 7.58. The molecular weight excluding hydrogens is 270 g/mol. The number of fused-ring (bicyclic) bond motifs is 1. The molecule has 1 aromatic rings. The first-order chi connectivity index (χ1) is 9.55. The highest BCUT2D eigenvalue weighted by Crippen LogP contribution is 2.33. The quantitative estimate of drug-likeness (QED) is 0.877. The molecule has 1 unspecified atom stereocenters. The van der Waals surface area contributed by atoms with E-state index >= 15 is 0 Å². The highest BCUT2D eigenvalue weighted by atomic mass is 32.1. The predicted molar refractivity (Wildman–Crippen MR) is 83.3 cm³/mol. The maximum absolute atomic E-state index is 12.3. The van der Waals surface area contributed by atoms with Gasteiger partial charge in [-0.15, -0.1) is 11.3 Å². The standard InChI is InChI=1S/C16H25NO2S/c1-4-11-5-6-14-12(7-11)8-15(20-14)16(19)17-13(9-18)10(2)3/h8,10-11,13,18H,4-7,9H2,1-3H3,(H,17,19)/t11?,13-/m1/s1. The summed E-state index contributed by atoms with van der Waals surface area (Å²) in [5, 5.41) is 12.2. The lowest BCUT2D eigenvalue weighted by Crippen LogP contribution is -2.40. The molecule has 0 saturated carbocycles. The van der Waals surface area contributed by atoms with Crippen molar-refractivity contribution in [2.75, 3.05) is 6.61 Å². The van der Waals surface area contributed by atoms with E-state index in [9.17, 15) is 9.90 Å². The topological polar surface area (TPSA) is 49.3 Å². The Morgan fingerprint density at radius 2 is 2.30 bits per heavy atom. The number of hydrogen-bond acceptors (Lipinski definition) is 3. The third-order valence-electron chi connectivity index (χ3n) is 4.30. The maximum atomic E-state index is 12.3. The van der Waals surface area contributed by atoms with Gasteiger partial charge in [-0.25, -0.2) is 0 Å². The fraction of sp³-hybridized carbons (Fsp3) is 0.688. The summed E-state index contributed by atoms with van der Waals surface area (Å²) in [6.45, 7) is 6.25. The zero-order chi connectivity index (χ0) is 14.7. The van der Waals surface area contributed by atoms with Crippen molar-refractivity contribution in [1.29, 1.82) is 0 Å². The fourth-order valence-corrected chi connectivity index (χ4v) is 3.83. The molecule has 0 bridgehead atoms. The van der Waals surface area contributed by atoms with Crippen LogP contribution in [-0.2, 0) is 12.8 Å². The first kappa shape index (κ1) is 15.5. The minimum Gasteiger partial charge on any atom is -0.394 e. The normalized spacial score (nSPS) is 19.8. The summed E-state index contributed by atoms with van der Waals surface area (Å²) in [5.74, 6) is 0.974. The van der Waals surface area contributed by atoms with Crippen LogP contribution in [0.3, 0.4) is 0 Å². The Labute approximate surface area is 125 Å². The van der Waals surface area contributed by atoms with Crippen LogP contribution < -0.4 is 5.32 Å². The van der Waals surface area contributed by atoms with Crippen LogP contribution in [0.5, 0.6) is 0 Å². The van der Waals surface area contributed by atoms with Crippen molar-refractivity contribution in [3.63, 3.8) is 0 Å². The Hall–Kier alpha value is -0.870. The van der Waals surface area contributed by atoms with Crippen molar-refractivity contribution in [1.82, 2.24) is 5.32 Å². The van der Waals surface area contributed by atoms with Gasteiger partial charge in [-0.05, 0) is 42.7 Å². The highest BCUT2D eigenvalue weighted by Gasteiger charge is 2.23. The molecule has 0 spiro atoms. The van der Waals surface area contributed by atoms with E-state index in [1.165, 1.54) is 23.3 Å². The van der Waals surface area contributed by atoms with Crippen LogP contribution >= 0.6 is 11.3 Å². The molecule has 0 radical (unpaired) electrons. The lowest BCUT2D eigenvalue weighted by Gasteiger charge is -2.19. The summed E-state index contributed by atoms with van der Waals surface area (Å²) in [7, 11) is 0. The second kappa shape index (κ2) is 6.72. The van der Waals surface area contributed by atoms with E-state index < -0.39 is 0 Å². The third kappa shape index (κ3) is 3.41. The van der Waals surface area contributed by atoms with E-state index in [4.69, 9.17) is 0 Å². The van der Waals surface area contributed by atoms with Crippen molar-refractivity contribution < 1.29 is 9.90 Å². The largest absolute Gasteiger partial charge is 0.394 e. The van der Waals surface area contributed by atoms with Gasteiger partial charge in [0.1, 0.15) is 0 Å². The maximum Gasteiger partial charge on any atom is 0.261 e. The molecule has 1 aliphatic rings. The molecule has 112 valence electrons. The number of hydrogen-bond donors (Lipinski definition) is 2. The number of rotatable bonds is 5. The van der Waals surface area contributed by atoms with Crippen LogP contribution in [0.25, 0.3) is 0 Å². The molecule has 2 N–H and O–H groups in total. The van der Waals surface area contributed by atoms with Crippen LogP contribution in [0.4, 0.5) is 0 Å². The van der Waals surface area contributed by atoms with Gasteiger partial charge in [-0.1, -0.05) is 27.2 Å². The number of carbonyl (C=O) groups excluding carboxylic acids is 1. The summed E-state index contributed by atoms with van der Waals surface area (Å²) in [6, 6.07) is 1.90. The van der Waals surface area contributed by atoms with Crippen molar-refractivity contribution in [2.24, 2.45) is 11.8 Å². The van der Waals surface area contributed by atoms with Gasteiger partial charge >= 0.3 is 0 Å². The van der Waals surface area contributed by atoms with Gasteiger partial charge in [-0.3, -0.25) is 4.79 Å². The number of aryl methyl sites for hydroxylation is 1. The SMILES string of the molecule is CCC1CCc2sc(C(=O)N[C@H](CO)C(C)C)cc2C1. The van der Waals surface area contributed by atoms with Crippen molar-refractivity contribution in [3.8, 4) is 0 Å². The smallest absolute Gasteiger partial charge is 0.261 e. The summed E-state index contributed by atoms with van der Waals surface area (Å²) in [6.07, 6.45) is 4.69. The number of aliphatic hydroxyl groups is 1. The molecule has 2 rings (SSSR count). The Kier molecular flexibility index (Phi) is 5.22. The van der Waals surface area contributed by atoms with Crippen molar-refractivity contribution in [3.05, 3.63) is 21.4 Å². The van der Waals surface area contributed by atoms with Crippen molar-refractivity contribution >= 4 is 17.2 Å². The van der Waals surface area contributed by atoms with Crippen LogP contribution in [0.2, 0.25) is 0 Å². The Morgan fingerprint density at radius 3 is 2.90 bits per heavy atom. The van der Waals surface area contributed by atoms with E-state index in [2.05, 4.69) is 18.3 Å². The van der Waals surface area contributed by atoms with E-state index in [1.807, 2.05) is 13.8 Å². The molecule has 20 heavy (non-hydrogen) atoms. The number of thiophene rings is 1. The van der Waals surface area contributed by atoms with Crippen LogP contribution in [0.15, 0.2) is 6.07 Å². The van der Waals surface area contributed by atoms with Crippen LogP contribution in [0, 0.1) is 11.8 Å². The van der Waals surface area contributed by atoms with Gasteiger partial charge in [0, 0.05) is 4.88 Å². The molecule has 2 atom stereocenters. The molecule has 1 heterocycles. The zero-order valence-corrected chi connectivity index (χ0v) is 13.4. The van der Waals surface area contributed by atoms with Crippen LogP contribution in [0.1, 0.15) is 53.7 Å². The highest BCUT2D eigenvalue weighted by molar-refractivity contribution is 7.14. The monoisotopic (exact) mass is 295 g/mol. The summed E-state index contributed by atoms with van der Waals surface area (Å²) >= 11 is 1.63. The number of carbonyl (C=O) groups is 1. The van der Waals surface area contributed by atoms with Gasteiger partial charge in [0.15, 0.2) is 0 Å². The van der Waals surface area contributed by atoms with Gasteiger partial charge in [-0.2, -0.15) is 0 Å². The molecule has 0 fully saturated rings. The third-order valence-corrected chi connectivity index (χ3v) is 5.54. The molecule has 0 aromatic carbocycles. The molecule has 1 aromatic heterocycles. The minimum absolute atomic E-state index is 0.00753. The van der Waals surface area contributed by atoms with Gasteiger partial charge in [0.25, 0.3) is 5.91 Å². The number of nitrogens with one attached hydrogen (secondary N) is 1. The van der Waals surface area contributed by atoms with E-state index in [0.29, 0.717) is 0 Å². The Bertz CT molecular complexity index is 467. The average molecular weight is 295 g/mol. The minimum atomic E-state index is -0.162. The summed E-state index contributed by atoms with van der Waals surface area (Å²) in [4.78, 5) is 14.5. The first-order valence-corrected chi connectivity index (χ1v) is 8.40. The second-order valence-corrected chi connectivity index (χ2v) is 7.22. The van der Waals surface area contributed by atoms with E-state index in [-0.39, 0.29) is 24.5 Å². The molecule has 0 saturated heterocycles. The van der Waals surface area contributed by atoms with E-state index in [0.717, 1.165) is 23.6 Å². The van der Waals surface area contributed by atoms with Gasteiger partial charge in [0.05, 0.1) is 17.5 Å². The molecule has 0 aliphatic heterocycles. The summed E-state index contributed by atoms with van der Waals surface area (Å²) in [5.41, 5.74) is 1.36.